The number of carboxylic acid groups (broad SMARTS) is 1. The van der Waals surface area contributed by atoms with E-state index >= 15 is 0 Å². The molecule has 2 rings (SSSR count). The summed E-state index contributed by atoms with van der Waals surface area (Å²) in [7, 11) is 0. The first-order valence-electron chi connectivity index (χ1n) is 6.70. The molecule has 0 saturated heterocycles. The van der Waals surface area contributed by atoms with Gasteiger partial charge in [-0.15, -0.1) is 0 Å². The number of rotatable bonds is 5. The van der Waals surface area contributed by atoms with E-state index in [0.29, 0.717) is 6.42 Å². The maximum Gasteiger partial charge on any atom is 0.321 e. The lowest BCUT2D eigenvalue weighted by atomic mass is 9.97. The molecule has 2 atom stereocenters. The van der Waals surface area contributed by atoms with E-state index in [4.69, 9.17) is 5.11 Å². The smallest absolute Gasteiger partial charge is 0.321 e. The van der Waals surface area contributed by atoms with Crippen LogP contribution in [0.25, 0.3) is 0 Å². The standard InChI is InChI=1S/C13H21N3O2/c1-3-5-6-16-8-14-10-7-11(13(17)18)15-9(4-2)12(10)16/h8-9,11,15H,3-7H2,1-2H3,(H,17,18). The van der Waals surface area contributed by atoms with Crippen molar-refractivity contribution in [2.75, 3.05) is 0 Å². The third kappa shape index (κ3) is 2.41. The molecule has 2 unspecified atom stereocenters. The molecule has 2 heterocycles. The summed E-state index contributed by atoms with van der Waals surface area (Å²) in [6.07, 6.45) is 5.50. The van der Waals surface area contributed by atoms with Gasteiger partial charge in [0.05, 0.1) is 17.7 Å². The van der Waals surface area contributed by atoms with Crippen LogP contribution in [0.1, 0.15) is 50.5 Å². The van der Waals surface area contributed by atoms with Crippen molar-refractivity contribution in [1.82, 2.24) is 14.9 Å². The predicted molar refractivity (Wildman–Crippen MR) is 68.4 cm³/mol. The van der Waals surface area contributed by atoms with Gasteiger partial charge in [-0.1, -0.05) is 20.3 Å². The number of unbranched alkanes of at least 4 members (excludes halogenated alkanes) is 1. The normalized spacial score (nSPS) is 22.8. The molecule has 0 saturated carbocycles. The topological polar surface area (TPSA) is 67.2 Å². The molecule has 0 aromatic carbocycles. The average molecular weight is 251 g/mol. The Labute approximate surface area is 107 Å². The Morgan fingerprint density at radius 3 is 3.00 bits per heavy atom. The summed E-state index contributed by atoms with van der Waals surface area (Å²) >= 11 is 0. The van der Waals surface area contributed by atoms with Gasteiger partial charge in [-0.05, 0) is 12.8 Å². The first-order chi connectivity index (χ1) is 8.67. The van der Waals surface area contributed by atoms with Gasteiger partial charge < -0.3 is 9.67 Å². The molecule has 5 nitrogen and oxygen atoms in total. The fourth-order valence-corrected chi connectivity index (χ4v) is 2.54. The average Bonchev–Trinajstić information content (AvgIpc) is 2.78. The van der Waals surface area contributed by atoms with Crippen molar-refractivity contribution in [3.8, 4) is 0 Å². The number of aromatic nitrogens is 2. The van der Waals surface area contributed by atoms with Crippen LogP contribution in [-0.4, -0.2) is 26.7 Å². The summed E-state index contributed by atoms with van der Waals surface area (Å²) in [5, 5.41) is 12.3. The molecule has 0 radical (unpaired) electrons. The SMILES string of the molecule is CCCCn1cnc2c1C(CC)NC(C(=O)O)C2. The molecule has 1 aromatic heterocycles. The number of carbonyl (C=O) groups is 1. The van der Waals surface area contributed by atoms with E-state index in [1.54, 1.807) is 0 Å². The van der Waals surface area contributed by atoms with Gasteiger partial charge in [-0.25, -0.2) is 4.98 Å². The van der Waals surface area contributed by atoms with E-state index in [2.05, 4.69) is 28.7 Å². The number of aliphatic carboxylic acids is 1. The van der Waals surface area contributed by atoms with Crippen molar-refractivity contribution in [1.29, 1.82) is 0 Å². The number of fused-ring (bicyclic) bond motifs is 1. The molecular formula is C13H21N3O2. The van der Waals surface area contributed by atoms with Gasteiger partial charge in [0.15, 0.2) is 0 Å². The quantitative estimate of drug-likeness (QED) is 0.836. The summed E-state index contributed by atoms with van der Waals surface area (Å²) in [5.41, 5.74) is 2.13. The number of hydrogen-bond acceptors (Lipinski definition) is 3. The highest BCUT2D eigenvalue weighted by Crippen LogP contribution is 2.27. The summed E-state index contributed by atoms with van der Waals surface area (Å²) in [5.74, 6) is -0.790. The Morgan fingerprint density at radius 1 is 1.61 bits per heavy atom. The first kappa shape index (κ1) is 13.1. The van der Waals surface area contributed by atoms with Crippen molar-refractivity contribution in [2.45, 2.75) is 58.2 Å². The Morgan fingerprint density at radius 2 is 2.39 bits per heavy atom. The van der Waals surface area contributed by atoms with Crippen LogP contribution in [0, 0.1) is 0 Å². The van der Waals surface area contributed by atoms with Gasteiger partial charge in [0.2, 0.25) is 0 Å². The molecule has 1 aromatic rings. The summed E-state index contributed by atoms with van der Waals surface area (Å²) < 4.78 is 2.18. The van der Waals surface area contributed by atoms with Crippen LogP contribution in [0.15, 0.2) is 6.33 Å². The number of imidazole rings is 1. The fraction of sp³-hybridized carbons (Fsp3) is 0.692. The lowest BCUT2D eigenvalue weighted by Crippen LogP contribution is -2.45. The molecular weight excluding hydrogens is 230 g/mol. The maximum atomic E-state index is 11.1. The highest BCUT2D eigenvalue weighted by Gasteiger charge is 2.32. The number of aryl methyl sites for hydroxylation is 1. The largest absolute Gasteiger partial charge is 0.480 e. The molecule has 0 spiro atoms. The van der Waals surface area contributed by atoms with Gasteiger partial charge in [-0.3, -0.25) is 10.1 Å². The van der Waals surface area contributed by atoms with Crippen molar-refractivity contribution in [3.05, 3.63) is 17.7 Å². The Bertz CT molecular complexity index is 428. The van der Waals surface area contributed by atoms with Crippen LogP contribution in [0.2, 0.25) is 0 Å². The van der Waals surface area contributed by atoms with Crippen molar-refractivity contribution >= 4 is 5.97 Å². The van der Waals surface area contributed by atoms with Crippen molar-refractivity contribution < 1.29 is 9.90 Å². The zero-order valence-electron chi connectivity index (χ0n) is 11.0. The minimum Gasteiger partial charge on any atom is -0.480 e. The van der Waals surface area contributed by atoms with Crippen molar-refractivity contribution in [2.24, 2.45) is 0 Å². The number of hydrogen-bond donors (Lipinski definition) is 2. The Hall–Kier alpha value is -1.36. The van der Waals surface area contributed by atoms with Crippen LogP contribution in [-0.2, 0) is 17.8 Å². The molecule has 0 fully saturated rings. The maximum absolute atomic E-state index is 11.1. The van der Waals surface area contributed by atoms with Gasteiger partial charge >= 0.3 is 5.97 Å². The highest BCUT2D eigenvalue weighted by atomic mass is 16.4. The molecule has 1 aliphatic heterocycles. The number of nitrogens with zero attached hydrogens (tertiary/aromatic N) is 2. The van der Waals surface area contributed by atoms with E-state index < -0.39 is 12.0 Å². The minimum absolute atomic E-state index is 0.106. The van der Waals surface area contributed by atoms with Gasteiger partial charge in [0.1, 0.15) is 6.04 Å². The molecule has 18 heavy (non-hydrogen) atoms. The lowest BCUT2D eigenvalue weighted by molar-refractivity contribution is -0.139. The Kier molecular flexibility index (Phi) is 4.01. The van der Waals surface area contributed by atoms with Crippen LogP contribution in [0.5, 0.6) is 0 Å². The van der Waals surface area contributed by atoms with Crippen LogP contribution >= 0.6 is 0 Å². The Balaban J connectivity index is 2.25. The molecule has 5 heteroatoms. The van der Waals surface area contributed by atoms with Crippen LogP contribution < -0.4 is 5.32 Å². The van der Waals surface area contributed by atoms with E-state index in [9.17, 15) is 4.79 Å². The third-order valence-corrected chi connectivity index (χ3v) is 3.55. The highest BCUT2D eigenvalue weighted by molar-refractivity contribution is 5.74. The third-order valence-electron chi connectivity index (χ3n) is 3.55. The van der Waals surface area contributed by atoms with Gasteiger partial charge in [0.25, 0.3) is 0 Å². The molecule has 100 valence electrons. The van der Waals surface area contributed by atoms with E-state index in [-0.39, 0.29) is 6.04 Å². The fourth-order valence-electron chi connectivity index (χ4n) is 2.54. The second kappa shape index (κ2) is 5.52. The van der Waals surface area contributed by atoms with Gasteiger partial charge in [-0.2, -0.15) is 0 Å². The monoisotopic (exact) mass is 251 g/mol. The molecule has 1 aliphatic rings. The van der Waals surface area contributed by atoms with E-state index in [1.807, 2.05) is 6.33 Å². The van der Waals surface area contributed by atoms with Crippen LogP contribution in [0.4, 0.5) is 0 Å². The van der Waals surface area contributed by atoms with Crippen LogP contribution in [0.3, 0.4) is 0 Å². The lowest BCUT2D eigenvalue weighted by Gasteiger charge is -2.29. The second-order valence-electron chi connectivity index (χ2n) is 4.85. The zero-order chi connectivity index (χ0) is 13.1. The number of carboxylic acids is 1. The molecule has 0 amide bonds. The minimum atomic E-state index is -0.790. The van der Waals surface area contributed by atoms with E-state index in [1.165, 1.54) is 5.69 Å². The summed E-state index contributed by atoms with van der Waals surface area (Å²) in [6.45, 7) is 5.21. The summed E-state index contributed by atoms with van der Waals surface area (Å²) in [4.78, 5) is 15.5. The second-order valence-corrected chi connectivity index (χ2v) is 4.85. The zero-order valence-corrected chi connectivity index (χ0v) is 11.0. The van der Waals surface area contributed by atoms with Crippen molar-refractivity contribution in [3.63, 3.8) is 0 Å². The number of nitrogens with one attached hydrogen (secondary N) is 1. The van der Waals surface area contributed by atoms with E-state index in [0.717, 1.165) is 31.5 Å². The molecule has 2 N–H and O–H groups in total. The predicted octanol–water partition coefficient (Wildman–Crippen LogP) is 1.73. The first-order valence-corrected chi connectivity index (χ1v) is 6.70. The van der Waals surface area contributed by atoms with Gasteiger partial charge in [0, 0.05) is 19.0 Å². The summed E-state index contributed by atoms with van der Waals surface area (Å²) in [6, 6.07) is -0.397. The molecule has 0 aliphatic carbocycles. The molecule has 0 bridgehead atoms.